The van der Waals surface area contributed by atoms with Crippen molar-refractivity contribution in [1.29, 1.82) is 0 Å². The fourth-order valence-electron chi connectivity index (χ4n) is 2.77. The number of carbonyl (C=O) groups excluding carboxylic acids is 1. The molecule has 1 aliphatic heterocycles. The van der Waals surface area contributed by atoms with Crippen LogP contribution in [0.3, 0.4) is 0 Å². The molecule has 0 unspecified atom stereocenters. The Bertz CT molecular complexity index is 934. The molecule has 0 bridgehead atoms. The van der Waals surface area contributed by atoms with Crippen LogP contribution in [-0.2, 0) is 4.79 Å². The highest BCUT2D eigenvalue weighted by Crippen LogP contribution is 2.33. The van der Waals surface area contributed by atoms with Crippen molar-refractivity contribution in [3.05, 3.63) is 90.5 Å². The molecule has 2 heterocycles. The van der Waals surface area contributed by atoms with Crippen LogP contribution >= 0.6 is 12.2 Å². The highest BCUT2D eigenvalue weighted by molar-refractivity contribution is 7.81. The summed E-state index contributed by atoms with van der Waals surface area (Å²) in [6, 6.07) is 22.6. The Labute approximate surface area is 150 Å². The average molecular weight is 346 g/mol. The van der Waals surface area contributed by atoms with E-state index in [4.69, 9.17) is 16.6 Å². The van der Waals surface area contributed by atoms with Crippen molar-refractivity contribution in [3.63, 3.8) is 0 Å². The van der Waals surface area contributed by atoms with Crippen LogP contribution in [0.15, 0.2) is 89.2 Å². The molecule has 1 amide bonds. The Hall–Kier alpha value is -3.18. The maximum atomic E-state index is 13.1. The first kappa shape index (κ1) is 15.4. The van der Waals surface area contributed by atoms with Crippen LogP contribution in [0, 0.1) is 0 Å². The van der Waals surface area contributed by atoms with Crippen LogP contribution in [0.5, 0.6) is 0 Å². The molecule has 1 aromatic heterocycles. The zero-order valence-corrected chi connectivity index (χ0v) is 14.0. The van der Waals surface area contributed by atoms with Crippen LogP contribution in [0.1, 0.15) is 5.76 Å². The predicted octanol–water partition coefficient (Wildman–Crippen LogP) is 4.46. The number of furan rings is 1. The Kier molecular flexibility index (Phi) is 3.91. The first-order valence-corrected chi connectivity index (χ1v) is 8.20. The van der Waals surface area contributed by atoms with Gasteiger partial charge in [-0.25, -0.2) is 0 Å². The zero-order chi connectivity index (χ0) is 17.2. The SMILES string of the molecule is O=C1C(=Cc2ccco2)N(c2ccccc2)C(=S)N1c1ccccc1. The van der Waals surface area contributed by atoms with Gasteiger partial charge >= 0.3 is 0 Å². The number of anilines is 2. The minimum absolute atomic E-state index is 0.184. The Balaban J connectivity index is 1.85. The molecule has 5 heteroatoms. The molecule has 1 aliphatic rings. The van der Waals surface area contributed by atoms with Gasteiger partial charge in [-0.3, -0.25) is 14.6 Å². The average Bonchev–Trinajstić information content (AvgIpc) is 3.24. The van der Waals surface area contributed by atoms with Crippen molar-refractivity contribution in [1.82, 2.24) is 0 Å². The van der Waals surface area contributed by atoms with E-state index in [1.807, 2.05) is 60.7 Å². The second kappa shape index (κ2) is 6.37. The smallest absolute Gasteiger partial charge is 0.281 e. The minimum Gasteiger partial charge on any atom is -0.465 e. The molecule has 122 valence electrons. The molecular weight excluding hydrogens is 332 g/mol. The van der Waals surface area contributed by atoms with E-state index >= 15 is 0 Å². The third-order valence-electron chi connectivity index (χ3n) is 3.90. The van der Waals surface area contributed by atoms with Crippen LogP contribution in [-0.4, -0.2) is 11.0 Å². The van der Waals surface area contributed by atoms with Gasteiger partial charge in [0.2, 0.25) is 0 Å². The van der Waals surface area contributed by atoms with Gasteiger partial charge in [0.25, 0.3) is 5.91 Å². The zero-order valence-electron chi connectivity index (χ0n) is 13.2. The first-order valence-electron chi connectivity index (χ1n) is 7.79. The number of nitrogens with zero attached hydrogens (tertiary/aromatic N) is 2. The van der Waals surface area contributed by atoms with Gasteiger partial charge < -0.3 is 4.42 Å². The summed E-state index contributed by atoms with van der Waals surface area (Å²) >= 11 is 5.64. The third-order valence-corrected chi connectivity index (χ3v) is 4.26. The van der Waals surface area contributed by atoms with Crippen molar-refractivity contribution < 1.29 is 9.21 Å². The van der Waals surface area contributed by atoms with Gasteiger partial charge in [-0.1, -0.05) is 36.4 Å². The van der Waals surface area contributed by atoms with Gasteiger partial charge in [0.15, 0.2) is 5.11 Å². The summed E-state index contributed by atoms with van der Waals surface area (Å²) in [6.45, 7) is 0. The summed E-state index contributed by atoms with van der Waals surface area (Å²) in [7, 11) is 0. The number of rotatable bonds is 3. The summed E-state index contributed by atoms with van der Waals surface area (Å²) < 4.78 is 5.39. The van der Waals surface area contributed by atoms with Crippen molar-refractivity contribution in [2.24, 2.45) is 0 Å². The van der Waals surface area contributed by atoms with E-state index in [2.05, 4.69) is 0 Å². The molecule has 4 nitrogen and oxygen atoms in total. The monoisotopic (exact) mass is 346 g/mol. The highest BCUT2D eigenvalue weighted by Gasteiger charge is 2.40. The van der Waals surface area contributed by atoms with Gasteiger partial charge in [-0.15, -0.1) is 0 Å². The summed E-state index contributed by atoms with van der Waals surface area (Å²) in [5.41, 5.74) is 2.02. The van der Waals surface area contributed by atoms with Crippen molar-refractivity contribution in [2.45, 2.75) is 0 Å². The molecule has 25 heavy (non-hydrogen) atoms. The molecule has 0 saturated carbocycles. The van der Waals surface area contributed by atoms with Crippen molar-refractivity contribution in [3.8, 4) is 0 Å². The Morgan fingerprint density at radius 3 is 1.96 bits per heavy atom. The second-order valence-electron chi connectivity index (χ2n) is 5.47. The maximum Gasteiger partial charge on any atom is 0.281 e. The molecule has 4 rings (SSSR count). The molecule has 1 fully saturated rings. The van der Waals surface area contributed by atoms with Gasteiger partial charge in [0.05, 0.1) is 12.0 Å². The van der Waals surface area contributed by atoms with Crippen LogP contribution < -0.4 is 9.80 Å². The molecule has 1 saturated heterocycles. The van der Waals surface area contributed by atoms with E-state index in [1.165, 1.54) is 4.90 Å². The standard InChI is InChI=1S/C20H14N2O2S/c23-19-18(14-17-12-7-13-24-17)21(15-8-3-1-4-9-15)20(25)22(19)16-10-5-2-6-11-16/h1-14H. The number of hydrogen-bond acceptors (Lipinski definition) is 3. The number of thiocarbonyl (C=S) groups is 1. The van der Waals surface area contributed by atoms with Gasteiger partial charge in [0, 0.05) is 11.8 Å². The molecule has 0 atom stereocenters. The van der Waals surface area contributed by atoms with Crippen molar-refractivity contribution in [2.75, 3.05) is 9.80 Å². The predicted molar refractivity (Wildman–Crippen MR) is 102 cm³/mol. The molecule has 0 aliphatic carbocycles. The van der Waals surface area contributed by atoms with E-state index < -0.39 is 0 Å². The lowest BCUT2D eigenvalue weighted by Crippen LogP contribution is -2.32. The van der Waals surface area contributed by atoms with Crippen LogP contribution in [0.2, 0.25) is 0 Å². The molecule has 3 aromatic rings. The number of hydrogen-bond donors (Lipinski definition) is 0. The van der Waals surface area contributed by atoms with Gasteiger partial charge in [-0.2, -0.15) is 0 Å². The first-order chi connectivity index (χ1) is 12.3. The fraction of sp³-hybridized carbons (Fsp3) is 0. The Morgan fingerprint density at radius 1 is 0.800 bits per heavy atom. The lowest BCUT2D eigenvalue weighted by Gasteiger charge is -2.20. The highest BCUT2D eigenvalue weighted by atomic mass is 32.1. The molecular formula is C20H14N2O2S. The maximum absolute atomic E-state index is 13.1. The van der Waals surface area contributed by atoms with E-state index in [0.717, 1.165) is 11.4 Å². The quantitative estimate of drug-likeness (QED) is 0.518. The van der Waals surface area contributed by atoms with Crippen LogP contribution in [0.4, 0.5) is 11.4 Å². The van der Waals surface area contributed by atoms with E-state index in [-0.39, 0.29) is 5.91 Å². The largest absolute Gasteiger partial charge is 0.465 e. The van der Waals surface area contributed by atoms with E-state index in [1.54, 1.807) is 29.4 Å². The second-order valence-corrected chi connectivity index (χ2v) is 5.84. The number of benzene rings is 2. The van der Waals surface area contributed by atoms with Crippen molar-refractivity contribution >= 4 is 40.7 Å². The van der Waals surface area contributed by atoms with E-state index in [0.29, 0.717) is 16.6 Å². The molecule has 0 radical (unpaired) electrons. The van der Waals surface area contributed by atoms with Gasteiger partial charge in [-0.05, 0) is 48.6 Å². The lowest BCUT2D eigenvalue weighted by atomic mass is 10.2. The number of carbonyl (C=O) groups is 1. The molecule has 2 aromatic carbocycles. The number of para-hydroxylation sites is 2. The third kappa shape index (κ3) is 2.75. The summed E-state index contributed by atoms with van der Waals surface area (Å²) in [6.07, 6.45) is 3.29. The lowest BCUT2D eigenvalue weighted by molar-refractivity contribution is -0.113. The molecule has 0 spiro atoms. The minimum atomic E-state index is -0.184. The normalized spacial score (nSPS) is 16.1. The summed E-state index contributed by atoms with van der Waals surface area (Å²) in [5, 5.41) is 0.417. The Morgan fingerprint density at radius 2 is 1.40 bits per heavy atom. The number of amides is 1. The van der Waals surface area contributed by atoms with Gasteiger partial charge in [0.1, 0.15) is 11.5 Å². The molecule has 0 N–H and O–H groups in total. The van der Waals surface area contributed by atoms with E-state index in [9.17, 15) is 4.79 Å². The van der Waals surface area contributed by atoms with Crippen LogP contribution in [0.25, 0.3) is 6.08 Å². The summed E-state index contributed by atoms with van der Waals surface area (Å²) in [5.74, 6) is 0.415. The topological polar surface area (TPSA) is 36.7 Å². The summed E-state index contributed by atoms with van der Waals surface area (Å²) in [4.78, 5) is 16.4. The fourth-order valence-corrected chi connectivity index (χ4v) is 3.16.